The van der Waals surface area contributed by atoms with Crippen molar-refractivity contribution in [1.82, 2.24) is 19.9 Å². The molecule has 0 radical (unpaired) electrons. The van der Waals surface area contributed by atoms with Crippen molar-refractivity contribution in [3.8, 4) is 0 Å². The summed E-state index contributed by atoms with van der Waals surface area (Å²) >= 11 is 0. The lowest BCUT2D eigenvalue weighted by atomic mass is 9.97. The standard InChI is InChI=1S/C24H32N4O6S/c29-20-16-28(35(32,33)22-11-3-4-12-25-22)13-5-9-18(20)26-23(30)19(15-17-7-1-2-8-17)27-24(31)21-10-6-14-34-21/h3-4,6,10-12,14,17-20,29H,1-2,5,7-9,13,15-16H2,(H,26,30)(H,27,31)/t18?,19-,20?/m0/s1. The highest BCUT2D eigenvalue weighted by Gasteiger charge is 2.35. The minimum absolute atomic E-state index is 0.0769. The van der Waals surface area contributed by atoms with E-state index in [1.54, 1.807) is 18.2 Å². The van der Waals surface area contributed by atoms with Crippen molar-refractivity contribution in [2.75, 3.05) is 13.1 Å². The third-order valence-electron chi connectivity index (χ3n) is 6.76. The van der Waals surface area contributed by atoms with Crippen molar-refractivity contribution in [2.45, 2.75) is 68.2 Å². The third kappa shape index (κ3) is 6.28. The Morgan fingerprint density at radius 1 is 1.14 bits per heavy atom. The number of β-amino-alcohol motifs (C(OH)–C–C–N with tert-alkyl or cyclic N) is 1. The minimum atomic E-state index is -3.86. The number of sulfonamides is 1. The first-order chi connectivity index (χ1) is 16.8. The third-order valence-corrected chi connectivity index (χ3v) is 8.54. The van der Waals surface area contributed by atoms with Crippen LogP contribution in [0.5, 0.6) is 0 Å². The first kappa shape index (κ1) is 25.3. The fourth-order valence-electron chi connectivity index (χ4n) is 4.86. The molecule has 0 bridgehead atoms. The number of aliphatic hydroxyl groups excluding tert-OH is 1. The number of nitrogens with zero attached hydrogens (tertiary/aromatic N) is 2. The summed E-state index contributed by atoms with van der Waals surface area (Å²) in [6.45, 7) is 0.0545. The Bertz CT molecular complexity index is 1090. The van der Waals surface area contributed by atoms with Crippen LogP contribution in [0.2, 0.25) is 0 Å². The number of pyridine rings is 1. The van der Waals surface area contributed by atoms with E-state index in [1.807, 2.05) is 0 Å². The lowest BCUT2D eigenvalue weighted by Crippen LogP contribution is -2.54. The molecular weight excluding hydrogens is 472 g/mol. The molecule has 0 spiro atoms. The van der Waals surface area contributed by atoms with E-state index >= 15 is 0 Å². The zero-order chi connectivity index (χ0) is 24.8. The van der Waals surface area contributed by atoms with E-state index in [0.29, 0.717) is 25.2 Å². The quantitative estimate of drug-likeness (QED) is 0.497. The SMILES string of the molecule is O=C(N[C@@H](CC1CCCC1)C(=O)NC1CCCN(S(=O)(=O)c2ccccn2)CC1O)c1ccco1. The normalized spacial score (nSPS) is 22.9. The van der Waals surface area contributed by atoms with Crippen molar-refractivity contribution < 1.29 is 27.5 Å². The van der Waals surface area contributed by atoms with Crippen LogP contribution in [0.15, 0.2) is 52.2 Å². The van der Waals surface area contributed by atoms with Crippen molar-refractivity contribution in [3.63, 3.8) is 0 Å². The molecule has 1 saturated carbocycles. The predicted molar refractivity (Wildman–Crippen MR) is 127 cm³/mol. The lowest BCUT2D eigenvalue weighted by molar-refractivity contribution is -0.125. The molecule has 190 valence electrons. The Kier molecular flexibility index (Phi) is 8.19. The van der Waals surface area contributed by atoms with Gasteiger partial charge in [-0.2, -0.15) is 4.31 Å². The topological polar surface area (TPSA) is 142 Å². The van der Waals surface area contributed by atoms with Crippen LogP contribution in [0.3, 0.4) is 0 Å². The van der Waals surface area contributed by atoms with E-state index in [4.69, 9.17) is 4.42 Å². The Morgan fingerprint density at radius 3 is 2.63 bits per heavy atom. The number of hydrogen-bond acceptors (Lipinski definition) is 7. The molecule has 3 heterocycles. The van der Waals surface area contributed by atoms with Gasteiger partial charge < -0.3 is 20.2 Å². The number of aromatic nitrogens is 1. The van der Waals surface area contributed by atoms with Gasteiger partial charge in [0.2, 0.25) is 5.91 Å². The van der Waals surface area contributed by atoms with E-state index in [1.165, 1.54) is 28.9 Å². The van der Waals surface area contributed by atoms with Crippen molar-refractivity contribution in [1.29, 1.82) is 0 Å². The maximum absolute atomic E-state index is 13.3. The molecule has 2 aliphatic rings. The van der Waals surface area contributed by atoms with Gasteiger partial charge >= 0.3 is 0 Å². The molecular formula is C24H32N4O6S. The maximum atomic E-state index is 13.3. The summed E-state index contributed by atoms with van der Waals surface area (Å²) in [6.07, 6.45) is 7.29. The largest absolute Gasteiger partial charge is 0.459 e. The van der Waals surface area contributed by atoms with Gasteiger partial charge in [0.05, 0.1) is 18.4 Å². The lowest BCUT2D eigenvalue weighted by Gasteiger charge is -2.27. The number of nitrogens with one attached hydrogen (secondary N) is 2. The summed E-state index contributed by atoms with van der Waals surface area (Å²) in [5, 5.41) is 16.4. The molecule has 2 fully saturated rings. The Labute approximate surface area is 205 Å². The smallest absolute Gasteiger partial charge is 0.287 e. The van der Waals surface area contributed by atoms with Crippen LogP contribution >= 0.6 is 0 Å². The molecule has 0 aromatic carbocycles. The zero-order valence-corrected chi connectivity index (χ0v) is 20.3. The van der Waals surface area contributed by atoms with Gasteiger partial charge in [-0.05, 0) is 49.4 Å². The molecule has 3 atom stereocenters. The summed E-state index contributed by atoms with van der Waals surface area (Å²) < 4.78 is 32.3. The van der Waals surface area contributed by atoms with E-state index in [9.17, 15) is 23.1 Å². The van der Waals surface area contributed by atoms with Crippen LogP contribution in [0.4, 0.5) is 0 Å². The van der Waals surface area contributed by atoms with E-state index in [2.05, 4.69) is 15.6 Å². The number of amides is 2. The Morgan fingerprint density at radius 2 is 1.94 bits per heavy atom. The Hall–Kier alpha value is -2.76. The number of carbonyl (C=O) groups is 2. The van der Waals surface area contributed by atoms with Gasteiger partial charge in [-0.25, -0.2) is 13.4 Å². The highest BCUT2D eigenvalue weighted by atomic mass is 32.2. The molecule has 1 aliphatic heterocycles. The Balaban J connectivity index is 1.42. The summed E-state index contributed by atoms with van der Waals surface area (Å²) in [5.41, 5.74) is 0. The van der Waals surface area contributed by atoms with E-state index in [-0.39, 0.29) is 29.8 Å². The summed E-state index contributed by atoms with van der Waals surface area (Å²) in [6, 6.07) is 6.37. The summed E-state index contributed by atoms with van der Waals surface area (Å²) in [5.74, 6) is -0.399. The van der Waals surface area contributed by atoms with Crippen LogP contribution in [-0.2, 0) is 14.8 Å². The fourth-order valence-corrected chi connectivity index (χ4v) is 6.28. The molecule has 11 heteroatoms. The van der Waals surface area contributed by atoms with E-state index in [0.717, 1.165) is 25.7 Å². The predicted octanol–water partition coefficient (Wildman–Crippen LogP) is 1.68. The molecule has 10 nitrogen and oxygen atoms in total. The van der Waals surface area contributed by atoms with Gasteiger partial charge in [0, 0.05) is 19.3 Å². The number of carbonyl (C=O) groups excluding carboxylic acids is 2. The summed E-state index contributed by atoms with van der Waals surface area (Å²) in [7, 11) is -3.86. The van der Waals surface area contributed by atoms with Gasteiger partial charge in [-0.3, -0.25) is 9.59 Å². The maximum Gasteiger partial charge on any atom is 0.287 e. The molecule has 2 amide bonds. The monoisotopic (exact) mass is 504 g/mol. The molecule has 1 saturated heterocycles. The van der Waals surface area contributed by atoms with Crippen LogP contribution in [0, 0.1) is 5.92 Å². The molecule has 2 aromatic heterocycles. The average molecular weight is 505 g/mol. The fraction of sp³-hybridized carbons (Fsp3) is 0.542. The zero-order valence-electron chi connectivity index (χ0n) is 19.5. The molecule has 35 heavy (non-hydrogen) atoms. The van der Waals surface area contributed by atoms with Gasteiger partial charge in [-0.1, -0.05) is 31.7 Å². The van der Waals surface area contributed by atoms with Crippen molar-refractivity contribution in [2.24, 2.45) is 5.92 Å². The van der Waals surface area contributed by atoms with Gasteiger partial charge in [-0.15, -0.1) is 0 Å². The van der Waals surface area contributed by atoms with Gasteiger partial charge in [0.1, 0.15) is 6.04 Å². The van der Waals surface area contributed by atoms with Gasteiger partial charge in [0.25, 0.3) is 15.9 Å². The summed E-state index contributed by atoms with van der Waals surface area (Å²) in [4.78, 5) is 29.8. The molecule has 4 rings (SSSR count). The first-order valence-corrected chi connectivity index (χ1v) is 13.5. The van der Waals surface area contributed by atoms with Crippen LogP contribution < -0.4 is 10.6 Å². The molecule has 2 unspecified atom stereocenters. The first-order valence-electron chi connectivity index (χ1n) is 12.1. The number of hydrogen-bond donors (Lipinski definition) is 3. The molecule has 2 aromatic rings. The van der Waals surface area contributed by atoms with Crippen molar-refractivity contribution >= 4 is 21.8 Å². The average Bonchev–Trinajstić information content (AvgIpc) is 3.54. The number of furan rings is 1. The van der Waals surface area contributed by atoms with Gasteiger partial charge in [0.15, 0.2) is 10.8 Å². The molecule has 3 N–H and O–H groups in total. The van der Waals surface area contributed by atoms with E-state index < -0.39 is 34.1 Å². The highest BCUT2D eigenvalue weighted by Crippen LogP contribution is 2.29. The second kappa shape index (κ2) is 11.3. The van der Waals surface area contributed by atoms with Crippen LogP contribution in [0.1, 0.15) is 55.5 Å². The number of aliphatic hydroxyl groups is 1. The van der Waals surface area contributed by atoms with Crippen LogP contribution in [0.25, 0.3) is 0 Å². The molecule has 1 aliphatic carbocycles. The highest BCUT2D eigenvalue weighted by molar-refractivity contribution is 7.89. The second-order valence-electron chi connectivity index (χ2n) is 9.25. The minimum Gasteiger partial charge on any atom is -0.459 e. The number of rotatable bonds is 8. The van der Waals surface area contributed by atoms with Crippen LogP contribution in [-0.4, -0.2) is 65.9 Å². The van der Waals surface area contributed by atoms with Crippen molar-refractivity contribution in [3.05, 3.63) is 48.6 Å². The second-order valence-corrected chi connectivity index (χ2v) is 11.1.